The molecule has 0 aliphatic rings. The highest BCUT2D eigenvalue weighted by atomic mass is 32.1. The van der Waals surface area contributed by atoms with E-state index in [1.54, 1.807) is 0 Å². The standard InChI is InChI=1S/C7H6N4OS/c12-13-11-10-7-8-5-3-1-2-4-6(5)9-7/h1-4H,(H2,8,9,10). The third-order valence-corrected chi connectivity index (χ3v) is 1.74. The highest BCUT2D eigenvalue weighted by Gasteiger charge is 1.98. The lowest BCUT2D eigenvalue weighted by atomic mass is 10.3. The number of fused-ring (bicyclic) bond motifs is 1. The summed E-state index contributed by atoms with van der Waals surface area (Å²) < 4.78 is 13.3. The third-order valence-electron chi connectivity index (χ3n) is 1.58. The first-order valence-electron chi connectivity index (χ1n) is 3.60. The second-order valence-corrected chi connectivity index (χ2v) is 2.71. The molecule has 1 aromatic carbocycles. The summed E-state index contributed by atoms with van der Waals surface area (Å²) in [5.74, 6) is 0.476. The van der Waals surface area contributed by atoms with Crippen LogP contribution in [0.15, 0.2) is 28.7 Å². The normalized spacial score (nSPS) is 9.85. The van der Waals surface area contributed by atoms with E-state index in [9.17, 15) is 4.21 Å². The molecule has 0 amide bonds. The minimum absolute atomic E-state index is 0.110. The quantitative estimate of drug-likeness (QED) is 0.707. The number of benzene rings is 1. The topological polar surface area (TPSA) is 70.1 Å². The molecule has 6 heteroatoms. The molecule has 2 aromatic rings. The zero-order valence-corrected chi connectivity index (χ0v) is 7.34. The van der Waals surface area contributed by atoms with Crippen LogP contribution < -0.4 is 5.43 Å². The van der Waals surface area contributed by atoms with Gasteiger partial charge in [0.25, 0.3) is 0 Å². The first-order valence-corrected chi connectivity index (χ1v) is 4.30. The van der Waals surface area contributed by atoms with E-state index in [4.69, 9.17) is 0 Å². The lowest BCUT2D eigenvalue weighted by molar-refractivity contribution is 0.697. The van der Waals surface area contributed by atoms with Gasteiger partial charge in [0, 0.05) is 0 Å². The SMILES string of the molecule is O=S=NNc1nc2ccccc2[nH]1. The van der Waals surface area contributed by atoms with Crippen molar-refractivity contribution in [3.63, 3.8) is 0 Å². The van der Waals surface area contributed by atoms with E-state index in [0.29, 0.717) is 5.95 Å². The van der Waals surface area contributed by atoms with Crippen molar-refractivity contribution in [3.8, 4) is 0 Å². The molecule has 0 bridgehead atoms. The number of nitrogens with zero attached hydrogens (tertiary/aromatic N) is 2. The van der Waals surface area contributed by atoms with Crippen molar-refractivity contribution in [3.05, 3.63) is 24.3 Å². The van der Waals surface area contributed by atoms with Crippen molar-refractivity contribution >= 4 is 28.4 Å². The van der Waals surface area contributed by atoms with Gasteiger partial charge in [-0.1, -0.05) is 16.6 Å². The number of anilines is 1. The van der Waals surface area contributed by atoms with Gasteiger partial charge in [-0.3, -0.25) is 0 Å². The number of hydrogen-bond donors (Lipinski definition) is 2. The van der Waals surface area contributed by atoms with Gasteiger partial charge < -0.3 is 4.98 Å². The van der Waals surface area contributed by atoms with Gasteiger partial charge in [-0.2, -0.15) is 4.21 Å². The highest BCUT2D eigenvalue weighted by molar-refractivity contribution is 7.54. The van der Waals surface area contributed by atoms with Crippen LogP contribution in [0.3, 0.4) is 0 Å². The van der Waals surface area contributed by atoms with Crippen molar-refractivity contribution in [1.82, 2.24) is 9.97 Å². The summed E-state index contributed by atoms with van der Waals surface area (Å²) in [6, 6.07) is 7.58. The fraction of sp³-hybridized carbons (Fsp3) is 0. The monoisotopic (exact) mass is 194 g/mol. The van der Waals surface area contributed by atoms with Gasteiger partial charge in [-0.15, -0.1) is 0 Å². The van der Waals surface area contributed by atoms with Crippen molar-refractivity contribution in [2.24, 2.45) is 4.47 Å². The lowest BCUT2D eigenvalue weighted by Crippen LogP contribution is -1.87. The Hall–Kier alpha value is -1.69. The predicted molar refractivity (Wildman–Crippen MR) is 50.3 cm³/mol. The predicted octanol–water partition coefficient (Wildman–Crippen LogP) is 1.29. The van der Waals surface area contributed by atoms with Gasteiger partial charge in [0.15, 0.2) is 0 Å². The lowest BCUT2D eigenvalue weighted by Gasteiger charge is -1.85. The number of nitrogens with one attached hydrogen (secondary N) is 2. The summed E-state index contributed by atoms with van der Waals surface area (Å²) in [4.78, 5) is 7.10. The van der Waals surface area contributed by atoms with Crippen molar-refractivity contribution in [2.45, 2.75) is 0 Å². The Labute approximate surface area is 77.4 Å². The van der Waals surface area contributed by atoms with Crippen LogP contribution in [0.25, 0.3) is 11.0 Å². The second-order valence-electron chi connectivity index (χ2n) is 2.38. The molecule has 1 heterocycles. The van der Waals surface area contributed by atoms with Crippen LogP contribution in [0.5, 0.6) is 0 Å². The Morgan fingerprint density at radius 2 is 2.31 bits per heavy atom. The molecule has 0 atom stereocenters. The Balaban J connectivity index is 2.43. The molecule has 2 N–H and O–H groups in total. The maximum Gasteiger partial charge on any atom is 0.223 e. The number of para-hydroxylation sites is 2. The number of imidazole rings is 1. The van der Waals surface area contributed by atoms with E-state index in [1.807, 2.05) is 24.3 Å². The molecule has 13 heavy (non-hydrogen) atoms. The zero-order valence-electron chi connectivity index (χ0n) is 6.52. The van der Waals surface area contributed by atoms with Gasteiger partial charge >= 0.3 is 0 Å². The molecule has 5 nitrogen and oxygen atoms in total. The number of H-pyrrole nitrogens is 1. The first-order chi connectivity index (χ1) is 6.40. The third kappa shape index (κ3) is 1.57. The molecule has 0 saturated heterocycles. The maximum atomic E-state index is 9.96. The Morgan fingerprint density at radius 3 is 3.08 bits per heavy atom. The van der Waals surface area contributed by atoms with E-state index >= 15 is 0 Å². The van der Waals surface area contributed by atoms with Crippen LogP contribution >= 0.6 is 0 Å². The average molecular weight is 194 g/mol. The molecule has 0 spiro atoms. The zero-order chi connectivity index (χ0) is 9.10. The largest absolute Gasteiger partial charge is 0.323 e. The summed E-state index contributed by atoms with van der Waals surface area (Å²) >= 11 is 0.110. The van der Waals surface area contributed by atoms with Crippen LogP contribution in [0, 0.1) is 0 Å². The Kier molecular flexibility index (Phi) is 2.05. The summed E-state index contributed by atoms with van der Waals surface area (Å²) in [5, 5.41) is 0. The van der Waals surface area contributed by atoms with E-state index < -0.39 is 0 Å². The molecule has 0 saturated carbocycles. The van der Waals surface area contributed by atoms with Crippen LogP contribution in [0.1, 0.15) is 0 Å². The molecule has 2 rings (SSSR count). The van der Waals surface area contributed by atoms with Crippen molar-refractivity contribution in [1.29, 1.82) is 0 Å². The molecule has 0 unspecified atom stereocenters. The molecular formula is C7H6N4OS. The maximum absolute atomic E-state index is 9.96. The molecule has 0 aliphatic carbocycles. The number of aromatic nitrogens is 2. The van der Waals surface area contributed by atoms with E-state index in [1.165, 1.54) is 0 Å². The fourth-order valence-corrected chi connectivity index (χ4v) is 1.19. The summed E-state index contributed by atoms with van der Waals surface area (Å²) in [6.45, 7) is 0. The van der Waals surface area contributed by atoms with Gasteiger partial charge in [0.05, 0.1) is 11.0 Å². The van der Waals surface area contributed by atoms with E-state index in [2.05, 4.69) is 19.9 Å². The van der Waals surface area contributed by atoms with Gasteiger partial charge in [0.2, 0.25) is 17.4 Å². The summed E-state index contributed by atoms with van der Waals surface area (Å²) in [5.41, 5.74) is 4.25. The second kappa shape index (κ2) is 3.36. The van der Waals surface area contributed by atoms with E-state index in [-0.39, 0.29) is 11.5 Å². The van der Waals surface area contributed by atoms with Crippen LogP contribution in [0.4, 0.5) is 5.95 Å². The Morgan fingerprint density at radius 1 is 1.46 bits per heavy atom. The highest BCUT2D eigenvalue weighted by Crippen LogP contribution is 2.12. The molecule has 0 fully saturated rings. The molecule has 1 aromatic heterocycles. The van der Waals surface area contributed by atoms with Crippen LogP contribution in [0.2, 0.25) is 0 Å². The van der Waals surface area contributed by atoms with Gasteiger partial charge in [-0.25, -0.2) is 10.4 Å². The van der Waals surface area contributed by atoms with E-state index in [0.717, 1.165) is 11.0 Å². The minimum atomic E-state index is 0.110. The number of hydrogen-bond acceptors (Lipinski definition) is 3. The molecule has 66 valence electrons. The van der Waals surface area contributed by atoms with Crippen LogP contribution in [-0.4, -0.2) is 14.2 Å². The molecular weight excluding hydrogens is 188 g/mol. The molecule has 0 aliphatic heterocycles. The van der Waals surface area contributed by atoms with Crippen molar-refractivity contribution in [2.75, 3.05) is 5.43 Å². The van der Waals surface area contributed by atoms with Gasteiger partial charge in [-0.05, 0) is 12.1 Å². The molecule has 0 radical (unpaired) electrons. The van der Waals surface area contributed by atoms with Crippen molar-refractivity contribution < 1.29 is 4.21 Å². The van der Waals surface area contributed by atoms with Gasteiger partial charge in [0.1, 0.15) is 0 Å². The number of rotatable bonds is 2. The summed E-state index contributed by atoms with van der Waals surface area (Å²) in [6.07, 6.45) is 0. The fourth-order valence-electron chi connectivity index (χ4n) is 1.07. The minimum Gasteiger partial charge on any atom is -0.323 e. The average Bonchev–Trinajstić information content (AvgIpc) is 2.57. The summed E-state index contributed by atoms with van der Waals surface area (Å²) in [7, 11) is 0. The number of aromatic amines is 1. The smallest absolute Gasteiger partial charge is 0.223 e. The van der Waals surface area contributed by atoms with Crippen LogP contribution in [-0.2, 0) is 11.5 Å². The Bertz CT molecular complexity index is 441. The first kappa shape index (κ1) is 7.93.